The molecule has 0 saturated carbocycles. The number of halogens is 2. The largest absolute Gasteiger partial charge is 0.378 e. The van der Waals surface area contributed by atoms with Crippen LogP contribution in [-0.4, -0.2) is 4.98 Å². The minimum atomic E-state index is 0.706. The second-order valence-electron chi connectivity index (χ2n) is 3.56. The van der Waals surface area contributed by atoms with Crippen LogP contribution in [0.5, 0.6) is 0 Å². The van der Waals surface area contributed by atoms with Gasteiger partial charge in [0, 0.05) is 9.85 Å². The van der Waals surface area contributed by atoms with E-state index in [0.29, 0.717) is 11.6 Å². The van der Waals surface area contributed by atoms with Crippen molar-refractivity contribution < 1.29 is 0 Å². The van der Waals surface area contributed by atoms with E-state index in [1.807, 2.05) is 18.2 Å². The second-order valence-corrected chi connectivity index (χ2v) is 5.83. The van der Waals surface area contributed by atoms with Gasteiger partial charge in [-0.2, -0.15) is 0 Å². The Balaban J connectivity index is 2.02. The topological polar surface area (TPSA) is 24.9 Å². The van der Waals surface area contributed by atoms with Gasteiger partial charge in [-0.15, -0.1) is 11.3 Å². The summed E-state index contributed by atoms with van der Waals surface area (Å²) >= 11 is 11.2. The molecule has 0 radical (unpaired) electrons. The van der Waals surface area contributed by atoms with Gasteiger partial charge in [0.25, 0.3) is 0 Å². The molecule has 0 atom stereocenters. The molecule has 17 heavy (non-hydrogen) atoms. The second kappa shape index (κ2) is 5.85. The van der Waals surface area contributed by atoms with Crippen molar-refractivity contribution in [2.75, 3.05) is 5.32 Å². The normalized spacial score (nSPS) is 10.5. The Hall–Kier alpha value is -0.580. The van der Waals surface area contributed by atoms with Crippen molar-refractivity contribution >= 4 is 44.6 Å². The highest BCUT2D eigenvalue weighted by Crippen LogP contribution is 2.26. The quantitative estimate of drug-likeness (QED) is 0.875. The van der Waals surface area contributed by atoms with Gasteiger partial charge in [-0.1, -0.05) is 34.5 Å². The molecular formula is C12H12BrClN2S. The molecule has 0 unspecified atom stereocenters. The van der Waals surface area contributed by atoms with Crippen molar-refractivity contribution in [3.05, 3.63) is 43.8 Å². The lowest BCUT2D eigenvalue weighted by Crippen LogP contribution is -2.00. The number of rotatable bonds is 4. The first-order valence-electron chi connectivity index (χ1n) is 5.31. The van der Waals surface area contributed by atoms with Gasteiger partial charge < -0.3 is 5.32 Å². The molecule has 0 spiro atoms. The molecule has 90 valence electrons. The van der Waals surface area contributed by atoms with E-state index in [2.05, 4.69) is 38.5 Å². The van der Waals surface area contributed by atoms with Gasteiger partial charge in [0.05, 0.1) is 28.0 Å². The molecule has 0 fully saturated rings. The Bertz CT molecular complexity index is 513. The minimum Gasteiger partial charge on any atom is -0.378 e. The number of nitrogens with zero attached hydrogens (tertiary/aromatic N) is 1. The van der Waals surface area contributed by atoms with Gasteiger partial charge in [-0.25, -0.2) is 4.98 Å². The maximum Gasteiger partial charge on any atom is 0.0926 e. The predicted molar refractivity (Wildman–Crippen MR) is 78.0 cm³/mol. The third-order valence-electron chi connectivity index (χ3n) is 2.29. The Morgan fingerprint density at radius 3 is 2.94 bits per heavy atom. The first-order chi connectivity index (χ1) is 8.19. The summed E-state index contributed by atoms with van der Waals surface area (Å²) < 4.78 is 0.981. The molecule has 1 N–H and O–H groups in total. The van der Waals surface area contributed by atoms with Crippen LogP contribution in [-0.2, 0) is 13.0 Å². The van der Waals surface area contributed by atoms with Gasteiger partial charge >= 0.3 is 0 Å². The van der Waals surface area contributed by atoms with Crippen LogP contribution < -0.4 is 5.32 Å². The summed E-state index contributed by atoms with van der Waals surface area (Å²) in [5, 5.41) is 7.25. The summed E-state index contributed by atoms with van der Waals surface area (Å²) in [7, 11) is 0. The molecule has 0 bridgehead atoms. The predicted octanol–water partition coefficient (Wildman–Crippen LogP) is 4.73. The summed E-state index contributed by atoms with van der Waals surface area (Å²) in [4.78, 5) is 4.49. The van der Waals surface area contributed by atoms with Crippen LogP contribution >= 0.6 is 38.9 Å². The van der Waals surface area contributed by atoms with Crippen LogP contribution in [0.4, 0.5) is 5.69 Å². The molecule has 0 aliphatic rings. The van der Waals surface area contributed by atoms with E-state index in [0.717, 1.165) is 22.3 Å². The van der Waals surface area contributed by atoms with Crippen LogP contribution in [0, 0.1) is 0 Å². The van der Waals surface area contributed by atoms with Gasteiger partial charge in [-0.05, 0) is 24.6 Å². The molecule has 2 aromatic rings. The van der Waals surface area contributed by atoms with Crippen molar-refractivity contribution in [2.45, 2.75) is 19.9 Å². The molecule has 0 amide bonds. The fourth-order valence-corrected chi connectivity index (χ4v) is 2.90. The zero-order valence-corrected chi connectivity index (χ0v) is 12.5. The number of benzene rings is 1. The van der Waals surface area contributed by atoms with E-state index in [1.165, 1.54) is 5.01 Å². The summed E-state index contributed by atoms with van der Waals surface area (Å²) in [6.45, 7) is 2.82. The van der Waals surface area contributed by atoms with E-state index >= 15 is 0 Å². The van der Waals surface area contributed by atoms with Gasteiger partial charge in [0.1, 0.15) is 0 Å². The molecule has 1 heterocycles. The molecule has 0 saturated heterocycles. The molecule has 2 rings (SSSR count). The summed E-state index contributed by atoms with van der Waals surface area (Å²) in [6.07, 6.45) is 0.990. The number of aromatic nitrogens is 1. The number of anilines is 1. The molecule has 5 heteroatoms. The first-order valence-corrected chi connectivity index (χ1v) is 7.36. The van der Waals surface area contributed by atoms with Crippen LogP contribution in [0.15, 0.2) is 28.1 Å². The van der Waals surface area contributed by atoms with E-state index in [1.54, 1.807) is 11.3 Å². The fourth-order valence-electron chi connectivity index (χ4n) is 1.41. The summed E-state index contributed by atoms with van der Waals surface area (Å²) in [5.41, 5.74) is 1.99. The Labute approximate surface area is 118 Å². The number of nitrogens with one attached hydrogen (secondary N) is 1. The van der Waals surface area contributed by atoms with Crippen LogP contribution in [0.2, 0.25) is 5.02 Å². The van der Waals surface area contributed by atoms with E-state index in [-0.39, 0.29) is 0 Å². The fraction of sp³-hybridized carbons (Fsp3) is 0.250. The number of hydrogen-bond donors (Lipinski definition) is 1. The van der Waals surface area contributed by atoms with Crippen molar-refractivity contribution in [1.29, 1.82) is 0 Å². The number of hydrogen-bond acceptors (Lipinski definition) is 3. The standard InChI is InChI=1S/C12H12BrClN2S/c1-2-12-16-9(7-17-12)6-15-11-4-3-8(13)5-10(11)14/h3-5,7,15H,2,6H2,1H3. The molecule has 0 aliphatic carbocycles. The number of thiazole rings is 1. The maximum atomic E-state index is 6.12. The Morgan fingerprint density at radius 2 is 2.29 bits per heavy atom. The summed E-state index contributed by atoms with van der Waals surface area (Å²) in [6, 6.07) is 5.80. The van der Waals surface area contributed by atoms with Crippen LogP contribution in [0.1, 0.15) is 17.6 Å². The van der Waals surface area contributed by atoms with Gasteiger partial charge in [0.2, 0.25) is 0 Å². The number of aryl methyl sites for hydroxylation is 1. The zero-order chi connectivity index (χ0) is 12.3. The van der Waals surface area contributed by atoms with E-state index in [4.69, 9.17) is 11.6 Å². The van der Waals surface area contributed by atoms with Gasteiger partial charge in [-0.3, -0.25) is 0 Å². The highest BCUT2D eigenvalue weighted by Gasteiger charge is 2.03. The molecule has 1 aromatic carbocycles. The highest BCUT2D eigenvalue weighted by atomic mass is 79.9. The third-order valence-corrected chi connectivity index (χ3v) is 4.14. The highest BCUT2D eigenvalue weighted by molar-refractivity contribution is 9.10. The van der Waals surface area contributed by atoms with Crippen molar-refractivity contribution in [2.24, 2.45) is 0 Å². The third kappa shape index (κ3) is 3.44. The molecule has 1 aromatic heterocycles. The Kier molecular flexibility index (Phi) is 4.42. The monoisotopic (exact) mass is 330 g/mol. The average Bonchev–Trinajstić information content (AvgIpc) is 2.76. The molecule has 0 aliphatic heterocycles. The minimum absolute atomic E-state index is 0.706. The lowest BCUT2D eigenvalue weighted by molar-refractivity contribution is 1.01. The Morgan fingerprint density at radius 1 is 1.47 bits per heavy atom. The smallest absolute Gasteiger partial charge is 0.0926 e. The molecule has 2 nitrogen and oxygen atoms in total. The van der Waals surface area contributed by atoms with Gasteiger partial charge in [0.15, 0.2) is 0 Å². The summed E-state index contributed by atoms with van der Waals surface area (Å²) in [5.74, 6) is 0. The SMILES string of the molecule is CCc1nc(CNc2ccc(Br)cc2Cl)cs1. The van der Waals surface area contributed by atoms with E-state index < -0.39 is 0 Å². The average molecular weight is 332 g/mol. The van der Waals surface area contributed by atoms with Crippen LogP contribution in [0.3, 0.4) is 0 Å². The van der Waals surface area contributed by atoms with Crippen molar-refractivity contribution in [3.63, 3.8) is 0 Å². The van der Waals surface area contributed by atoms with E-state index in [9.17, 15) is 0 Å². The van der Waals surface area contributed by atoms with Crippen molar-refractivity contribution in [3.8, 4) is 0 Å². The maximum absolute atomic E-state index is 6.12. The lowest BCUT2D eigenvalue weighted by atomic mass is 10.3. The lowest BCUT2D eigenvalue weighted by Gasteiger charge is -2.06. The molecular weight excluding hydrogens is 320 g/mol. The first kappa shape index (κ1) is 12.9. The zero-order valence-electron chi connectivity index (χ0n) is 9.34. The van der Waals surface area contributed by atoms with Crippen molar-refractivity contribution in [1.82, 2.24) is 4.98 Å². The van der Waals surface area contributed by atoms with Crippen LogP contribution in [0.25, 0.3) is 0 Å².